The molecular weight excluding hydrogens is 268 g/mol. The summed E-state index contributed by atoms with van der Waals surface area (Å²) < 4.78 is 37.3. The van der Waals surface area contributed by atoms with Crippen LogP contribution in [0, 0.1) is 13.8 Å². The SMILES string of the molecule is COCCCCNS(=O)(=O)c1c(C)oc(C)c1CN. The van der Waals surface area contributed by atoms with Crippen molar-refractivity contribution in [2.24, 2.45) is 5.73 Å². The lowest BCUT2D eigenvalue weighted by Crippen LogP contribution is -2.26. The molecule has 19 heavy (non-hydrogen) atoms. The number of hydrogen-bond donors (Lipinski definition) is 2. The summed E-state index contributed by atoms with van der Waals surface area (Å²) in [4.78, 5) is 0.180. The van der Waals surface area contributed by atoms with E-state index in [4.69, 9.17) is 14.9 Å². The molecule has 1 rings (SSSR count). The molecule has 1 heterocycles. The smallest absolute Gasteiger partial charge is 0.244 e. The summed E-state index contributed by atoms with van der Waals surface area (Å²) >= 11 is 0. The summed E-state index contributed by atoms with van der Waals surface area (Å²) in [5.74, 6) is 0.932. The van der Waals surface area contributed by atoms with Crippen molar-refractivity contribution in [2.45, 2.75) is 38.1 Å². The molecule has 0 aliphatic heterocycles. The fourth-order valence-corrected chi connectivity index (χ4v) is 3.48. The average Bonchev–Trinajstić information content (AvgIpc) is 2.63. The maximum atomic E-state index is 12.2. The van der Waals surface area contributed by atoms with E-state index in [-0.39, 0.29) is 11.4 Å². The number of unbranched alkanes of at least 4 members (excludes halogenated alkanes) is 1. The number of methoxy groups -OCH3 is 1. The average molecular weight is 290 g/mol. The van der Waals surface area contributed by atoms with E-state index in [1.165, 1.54) is 0 Å². The van der Waals surface area contributed by atoms with Gasteiger partial charge in [-0.15, -0.1) is 0 Å². The van der Waals surface area contributed by atoms with Gasteiger partial charge in [-0.2, -0.15) is 0 Å². The Kier molecular flexibility index (Phi) is 5.99. The first-order valence-corrected chi connectivity index (χ1v) is 7.70. The van der Waals surface area contributed by atoms with Crippen molar-refractivity contribution >= 4 is 10.0 Å². The number of nitrogens with two attached hydrogens (primary N) is 1. The van der Waals surface area contributed by atoms with Crippen molar-refractivity contribution in [1.82, 2.24) is 4.72 Å². The van der Waals surface area contributed by atoms with E-state index in [0.717, 1.165) is 12.8 Å². The van der Waals surface area contributed by atoms with E-state index in [0.29, 0.717) is 30.2 Å². The summed E-state index contributed by atoms with van der Waals surface area (Å²) in [6.45, 7) is 4.49. The molecule has 0 saturated carbocycles. The number of nitrogens with one attached hydrogen (secondary N) is 1. The molecule has 1 aromatic rings. The molecule has 0 unspecified atom stereocenters. The second kappa shape index (κ2) is 7.04. The Labute approximate surface area is 114 Å². The third kappa shape index (κ3) is 4.04. The van der Waals surface area contributed by atoms with Gasteiger partial charge in [-0.05, 0) is 26.7 Å². The van der Waals surface area contributed by atoms with E-state index in [9.17, 15) is 8.42 Å². The van der Waals surface area contributed by atoms with Crippen LogP contribution in [-0.4, -0.2) is 28.7 Å². The Balaban J connectivity index is 2.77. The highest BCUT2D eigenvalue weighted by Gasteiger charge is 2.25. The summed E-state index contributed by atoms with van der Waals surface area (Å²) in [5.41, 5.74) is 6.13. The minimum absolute atomic E-state index is 0.142. The maximum Gasteiger partial charge on any atom is 0.244 e. The fourth-order valence-electron chi connectivity index (χ4n) is 1.95. The molecule has 0 amide bonds. The molecule has 1 aromatic heterocycles. The summed E-state index contributed by atoms with van der Waals surface area (Å²) in [7, 11) is -1.94. The first-order chi connectivity index (χ1) is 8.94. The molecule has 7 heteroatoms. The molecule has 0 spiro atoms. The molecule has 110 valence electrons. The molecule has 0 radical (unpaired) electrons. The largest absolute Gasteiger partial charge is 0.465 e. The number of rotatable bonds is 8. The lowest BCUT2D eigenvalue weighted by molar-refractivity contribution is 0.193. The second-order valence-corrected chi connectivity index (χ2v) is 6.03. The lowest BCUT2D eigenvalue weighted by atomic mass is 10.2. The van der Waals surface area contributed by atoms with Crippen LogP contribution in [-0.2, 0) is 21.3 Å². The molecule has 0 aliphatic carbocycles. The van der Waals surface area contributed by atoms with Gasteiger partial charge in [-0.3, -0.25) is 0 Å². The van der Waals surface area contributed by atoms with Crippen molar-refractivity contribution in [1.29, 1.82) is 0 Å². The quantitative estimate of drug-likeness (QED) is 0.698. The van der Waals surface area contributed by atoms with E-state index >= 15 is 0 Å². The first kappa shape index (κ1) is 16.2. The van der Waals surface area contributed by atoms with Crippen LogP contribution in [0.5, 0.6) is 0 Å². The molecule has 6 nitrogen and oxygen atoms in total. The van der Waals surface area contributed by atoms with E-state index in [1.54, 1.807) is 21.0 Å². The molecule has 0 saturated heterocycles. The zero-order valence-electron chi connectivity index (χ0n) is 11.7. The highest BCUT2D eigenvalue weighted by Crippen LogP contribution is 2.25. The van der Waals surface area contributed by atoms with Crippen LogP contribution in [0.2, 0.25) is 0 Å². The Morgan fingerprint density at radius 2 is 1.95 bits per heavy atom. The molecule has 0 bridgehead atoms. The lowest BCUT2D eigenvalue weighted by Gasteiger charge is -2.07. The molecule has 0 aliphatic rings. The predicted octanol–water partition coefficient (Wildman–Crippen LogP) is 1.06. The van der Waals surface area contributed by atoms with E-state index in [1.807, 2.05) is 0 Å². The second-order valence-electron chi connectivity index (χ2n) is 4.32. The Morgan fingerprint density at radius 1 is 1.26 bits per heavy atom. The van der Waals surface area contributed by atoms with Gasteiger partial charge in [0.15, 0.2) is 0 Å². The molecule has 3 N–H and O–H groups in total. The fraction of sp³-hybridized carbons (Fsp3) is 0.667. The van der Waals surface area contributed by atoms with Crippen LogP contribution in [0.4, 0.5) is 0 Å². The summed E-state index contributed by atoms with van der Waals surface area (Å²) in [6.07, 6.45) is 1.53. The number of hydrogen-bond acceptors (Lipinski definition) is 5. The number of sulfonamides is 1. The van der Waals surface area contributed by atoms with Crippen molar-refractivity contribution < 1.29 is 17.6 Å². The van der Waals surface area contributed by atoms with Crippen LogP contribution in [0.15, 0.2) is 9.31 Å². The van der Waals surface area contributed by atoms with Crippen LogP contribution in [0.1, 0.15) is 29.9 Å². The van der Waals surface area contributed by atoms with Crippen molar-refractivity contribution in [3.05, 3.63) is 17.1 Å². The van der Waals surface area contributed by atoms with Gasteiger partial charge >= 0.3 is 0 Å². The van der Waals surface area contributed by atoms with Gasteiger partial charge in [0.1, 0.15) is 16.4 Å². The first-order valence-electron chi connectivity index (χ1n) is 6.21. The summed E-state index contributed by atoms with van der Waals surface area (Å²) in [5, 5.41) is 0. The number of aryl methyl sites for hydroxylation is 2. The van der Waals surface area contributed by atoms with Gasteiger partial charge in [0.2, 0.25) is 10.0 Å². The topological polar surface area (TPSA) is 94.6 Å². The maximum absolute atomic E-state index is 12.2. The number of furan rings is 1. The molecular formula is C12H22N2O4S. The molecule has 0 aromatic carbocycles. The minimum atomic E-state index is -3.56. The monoisotopic (exact) mass is 290 g/mol. The zero-order chi connectivity index (χ0) is 14.5. The Morgan fingerprint density at radius 3 is 2.53 bits per heavy atom. The van der Waals surface area contributed by atoms with E-state index < -0.39 is 10.0 Å². The van der Waals surface area contributed by atoms with Gasteiger partial charge < -0.3 is 14.9 Å². The van der Waals surface area contributed by atoms with Crippen LogP contribution >= 0.6 is 0 Å². The highest BCUT2D eigenvalue weighted by molar-refractivity contribution is 7.89. The number of ether oxygens (including phenoxy) is 1. The highest BCUT2D eigenvalue weighted by atomic mass is 32.2. The van der Waals surface area contributed by atoms with Crippen LogP contribution in [0.3, 0.4) is 0 Å². The third-order valence-corrected chi connectivity index (χ3v) is 4.52. The zero-order valence-corrected chi connectivity index (χ0v) is 12.5. The molecule has 0 atom stereocenters. The van der Waals surface area contributed by atoms with Crippen LogP contribution < -0.4 is 10.5 Å². The summed E-state index contributed by atoms with van der Waals surface area (Å²) in [6, 6.07) is 0. The minimum Gasteiger partial charge on any atom is -0.465 e. The predicted molar refractivity (Wildman–Crippen MR) is 72.4 cm³/mol. The standard InChI is InChI=1S/C12H22N2O4S/c1-9-11(8-13)12(10(2)18-9)19(15,16)14-6-4-5-7-17-3/h14H,4-8,13H2,1-3H3. The van der Waals surface area contributed by atoms with Gasteiger partial charge in [-0.1, -0.05) is 0 Å². The van der Waals surface area contributed by atoms with Crippen molar-refractivity contribution in [3.8, 4) is 0 Å². The Hall–Kier alpha value is -0.890. The van der Waals surface area contributed by atoms with Gasteiger partial charge in [0.05, 0.1) is 0 Å². The Bertz CT molecular complexity index is 508. The van der Waals surface area contributed by atoms with Crippen LogP contribution in [0.25, 0.3) is 0 Å². The molecule has 0 fully saturated rings. The van der Waals surface area contributed by atoms with Gasteiger partial charge in [0, 0.05) is 32.4 Å². The van der Waals surface area contributed by atoms with E-state index in [2.05, 4.69) is 4.72 Å². The van der Waals surface area contributed by atoms with Gasteiger partial charge in [0.25, 0.3) is 0 Å². The van der Waals surface area contributed by atoms with Crippen molar-refractivity contribution in [2.75, 3.05) is 20.3 Å². The third-order valence-electron chi connectivity index (χ3n) is 2.87. The normalized spacial score (nSPS) is 12.0. The van der Waals surface area contributed by atoms with Crippen molar-refractivity contribution in [3.63, 3.8) is 0 Å². The van der Waals surface area contributed by atoms with Gasteiger partial charge in [-0.25, -0.2) is 13.1 Å².